The van der Waals surface area contributed by atoms with Crippen LogP contribution in [-0.4, -0.2) is 24.4 Å². The molecule has 0 heterocycles. The van der Waals surface area contributed by atoms with Gasteiger partial charge in [0.15, 0.2) is 0 Å². The summed E-state index contributed by atoms with van der Waals surface area (Å²) < 4.78 is 11.2. The molecule has 0 aromatic carbocycles. The Morgan fingerprint density at radius 3 is 1.42 bits per heavy atom. The minimum atomic E-state index is 0.356. The second kappa shape index (κ2) is 4.24. The van der Waals surface area contributed by atoms with Crippen molar-refractivity contribution in [3.63, 3.8) is 0 Å². The van der Waals surface area contributed by atoms with Gasteiger partial charge in [-0.3, -0.25) is 0 Å². The van der Waals surface area contributed by atoms with Gasteiger partial charge >= 0.3 is 0 Å². The molecule has 1 fully saturated rings. The molecule has 0 atom stereocenters. The molecule has 0 bridgehead atoms. The summed E-state index contributed by atoms with van der Waals surface area (Å²) in [7, 11) is 0. The van der Waals surface area contributed by atoms with E-state index in [0.717, 1.165) is 12.8 Å². The van der Waals surface area contributed by atoms with Crippen LogP contribution >= 0.6 is 0 Å². The minimum absolute atomic E-state index is 0.356. The molecule has 1 aliphatic rings. The van der Waals surface area contributed by atoms with E-state index >= 15 is 0 Å². The molecule has 2 heteroatoms. The second-order valence-corrected chi connectivity index (χ2v) is 4.09. The van der Waals surface area contributed by atoms with Gasteiger partial charge in [-0.15, -0.1) is 0 Å². The maximum absolute atomic E-state index is 5.62. The van der Waals surface area contributed by atoms with Gasteiger partial charge in [0.25, 0.3) is 0 Å². The number of hydrogen-bond acceptors (Lipinski definition) is 2. The molecule has 0 spiro atoms. The first kappa shape index (κ1) is 10.0. The summed E-state index contributed by atoms with van der Waals surface area (Å²) in [6, 6.07) is 0. The highest BCUT2D eigenvalue weighted by Crippen LogP contribution is 2.28. The van der Waals surface area contributed by atoms with E-state index in [4.69, 9.17) is 9.47 Å². The lowest BCUT2D eigenvalue weighted by Crippen LogP contribution is -2.40. The van der Waals surface area contributed by atoms with Crippen molar-refractivity contribution in [2.45, 2.75) is 65.0 Å². The van der Waals surface area contributed by atoms with Crippen LogP contribution in [0.4, 0.5) is 0 Å². The van der Waals surface area contributed by atoms with Crippen LogP contribution in [0.1, 0.15) is 40.5 Å². The molecule has 0 aromatic heterocycles. The van der Waals surface area contributed by atoms with E-state index in [1.165, 1.54) is 0 Å². The predicted molar refractivity (Wildman–Crippen MR) is 49.3 cm³/mol. The van der Waals surface area contributed by atoms with E-state index in [9.17, 15) is 0 Å². The molecule has 1 aliphatic carbocycles. The zero-order valence-corrected chi connectivity index (χ0v) is 8.54. The van der Waals surface area contributed by atoms with E-state index in [0.29, 0.717) is 24.4 Å². The van der Waals surface area contributed by atoms with Crippen LogP contribution in [0.25, 0.3) is 0 Å². The standard InChI is InChI=1S/C10H20O2/c1-7(2)11-9-5-10(6-9)12-8(3)4/h7-10H,5-6H2,1-4H3. The number of rotatable bonds is 4. The van der Waals surface area contributed by atoms with Crippen molar-refractivity contribution in [3.05, 3.63) is 0 Å². The summed E-state index contributed by atoms with van der Waals surface area (Å²) in [4.78, 5) is 0. The molecule has 0 aliphatic heterocycles. The van der Waals surface area contributed by atoms with Gasteiger partial charge in [0.2, 0.25) is 0 Å². The van der Waals surface area contributed by atoms with Gasteiger partial charge in [0.05, 0.1) is 24.4 Å². The smallest absolute Gasteiger partial charge is 0.0628 e. The Balaban J connectivity index is 2.04. The Kier molecular flexibility index (Phi) is 3.53. The SMILES string of the molecule is CC(C)OC1CC(OC(C)C)C1. The third-order valence-electron chi connectivity index (χ3n) is 1.98. The Hall–Kier alpha value is -0.0800. The molecule has 12 heavy (non-hydrogen) atoms. The summed E-state index contributed by atoms with van der Waals surface area (Å²) in [6.45, 7) is 8.32. The first-order chi connectivity index (χ1) is 5.58. The molecule has 0 amide bonds. The highest BCUT2D eigenvalue weighted by Gasteiger charge is 2.31. The van der Waals surface area contributed by atoms with Gasteiger partial charge in [-0.25, -0.2) is 0 Å². The largest absolute Gasteiger partial charge is 0.375 e. The van der Waals surface area contributed by atoms with Crippen molar-refractivity contribution in [1.29, 1.82) is 0 Å². The van der Waals surface area contributed by atoms with Crippen LogP contribution in [0.2, 0.25) is 0 Å². The van der Waals surface area contributed by atoms with Gasteiger partial charge in [-0.2, -0.15) is 0 Å². The van der Waals surface area contributed by atoms with Crippen molar-refractivity contribution in [1.82, 2.24) is 0 Å². The summed E-state index contributed by atoms with van der Waals surface area (Å²) in [6.07, 6.45) is 3.78. The lowest BCUT2D eigenvalue weighted by Gasteiger charge is -2.37. The normalized spacial score (nSPS) is 29.5. The number of ether oxygens (including phenoxy) is 2. The molecular weight excluding hydrogens is 152 g/mol. The van der Waals surface area contributed by atoms with Gasteiger partial charge in [0, 0.05) is 0 Å². The summed E-state index contributed by atoms with van der Waals surface area (Å²) in [5.74, 6) is 0. The maximum atomic E-state index is 5.62. The van der Waals surface area contributed by atoms with Crippen LogP contribution in [0.3, 0.4) is 0 Å². The lowest BCUT2D eigenvalue weighted by atomic mass is 9.91. The molecule has 72 valence electrons. The average molecular weight is 172 g/mol. The van der Waals surface area contributed by atoms with Gasteiger partial charge < -0.3 is 9.47 Å². The molecule has 0 N–H and O–H groups in total. The average Bonchev–Trinajstić information content (AvgIpc) is 1.80. The Bertz CT molecular complexity index is 112. The van der Waals surface area contributed by atoms with Crippen molar-refractivity contribution >= 4 is 0 Å². The van der Waals surface area contributed by atoms with Crippen molar-refractivity contribution in [3.8, 4) is 0 Å². The fraction of sp³-hybridized carbons (Fsp3) is 1.00. The van der Waals surface area contributed by atoms with Crippen molar-refractivity contribution in [2.75, 3.05) is 0 Å². The van der Waals surface area contributed by atoms with Crippen LogP contribution < -0.4 is 0 Å². The van der Waals surface area contributed by atoms with E-state index in [-0.39, 0.29) is 0 Å². The van der Waals surface area contributed by atoms with Gasteiger partial charge in [0.1, 0.15) is 0 Å². The summed E-state index contributed by atoms with van der Waals surface area (Å²) >= 11 is 0. The zero-order chi connectivity index (χ0) is 9.14. The van der Waals surface area contributed by atoms with E-state index in [1.54, 1.807) is 0 Å². The third kappa shape index (κ3) is 3.11. The number of hydrogen-bond donors (Lipinski definition) is 0. The van der Waals surface area contributed by atoms with E-state index < -0.39 is 0 Å². The highest BCUT2D eigenvalue weighted by atomic mass is 16.5. The molecule has 0 saturated heterocycles. The Morgan fingerprint density at radius 1 is 0.833 bits per heavy atom. The van der Waals surface area contributed by atoms with E-state index in [2.05, 4.69) is 27.7 Å². The topological polar surface area (TPSA) is 18.5 Å². The Morgan fingerprint density at radius 2 is 1.17 bits per heavy atom. The minimum Gasteiger partial charge on any atom is -0.375 e. The predicted octanol–water partition coefficient (Wildman–Crippen LogP) is 2.37. The van der Waals surface area contributed by atoms with Gasteiger partial charge in [-0.1, -0.05) is 0 Å². The summed E-state index contributed by atoms with van der Waals surface area (Å²) in [5.41, 5.74) is 0. The quantitative estimate of drug-likeness (QED) is 0.648. The monoisotopic (exact) mass is 172 g/mol. The fourth-order valence-electron chi connectivity index (χ4n) is 1.51. The van der Waals surface area contributed by atoms with E-state index in [1.807, 2.05) is 0 Å². The Labute approximate surface area is 75.2 Å². The van der Waals surface area contributed by atoms with Crippen LogP contribution in [-0.2, 0) is 9.47 Å². The highest BCUT2D eigenvalue weighted by molar-refractivity contribution is 4.81. The van der Waals surface area contributed by atoms with Crippen LogP contribution in [0.15, 0.2) is 0 Å². The van der Waals surface area contributed by atoms with Crippen molar-refractivity contribution < 1.29 is 9.47 Å². The molecule has 1 rings (SSSR count). The first-order valence-electron chi connectivity index (χ1n) is 4.89. The maximum Gasteiger partial charge on any atom is 0.0628 e. The molecule has 0 radical (unpaired) electrons. The lowest BCUT2D eigenvalue weighted by molar-refractivity contribution is -0.131. The van der Waals surface area contributed by atoms with Crippen LogP contribution in [0, 0.1) is 0 Å². The molecule has 0 unspecified atom stereocenters. The van der Waals surface area contributed by atoms with Crippen molar-refractivity contribution in [2.24, 2.45) is 0 Å². The molecule has 0 aromatic rings. The summed E-state index contributed by atoms with van der Waals surface area (Å²) in [5, 5.41) is 0. The fourth-order valence-corrected chi connectivity index (χ4v) is 1.51. The molecule has 2 nitrogen and oxygen atoms in total. The van der Waals surface area contributed by atoms with Crippen LogP contribution in [0.5, 0.6) is 0 Å². The van der Waals surface area contributed by atoms with Gasteiger partial charge in [-0.05, 0) is 40.5 Å². The molecule has 1 saturated carbocycles. The third-order valence-corrected chi connectivity index (χ3v) is 1.98. The zero-order valence-electron chi connectivity index (χ0n) is 8.54. The second-order valence-electron chi connectivity index (χ2n) is 4.09. The molecular formula is C10H20O2. The first-order valence-corrected chi connectivity index (χ1v) is 4.89.